The van der Waals surface area contributed by atoms with Crippen molar-refractivity contribution in [3.05, 3.63) is 88.2 Å². The molecule has 0 N–H and O–H groups in total. The average Bonchev–Trinajstić information content (AvgIpc) is 3.29. The SMILES string of the molecule is CC1=NN(c2ccccc2)C(=O)/C1=C\c1ccc(-c2ccc([N+](=O)[O-])cc2)o1. The van der Waals surface area contributed by atoms with Crippen molar-refractivity contribution in [1.29, 1.82) is 0 Å². The van der Waals surface area contributed by atoms with E-state index in [0.717, 1.165) is 0 Å². The minimum atomic E-state index is -0.450. The lowest BCUT2D eigenvalue weighted by molar-refractivity contribution is -0.384. The summed E-state index contributed by atoms with van der Waals surface area (Å²) in [6.45, 7) is 1.77. The summed E-state index contributed by atoms with van der Waals surface area (Å²) in [5, 5.41) is 16.5. The maximum Gasteiger partial charge on any atom is 0.280 e. The van der Waals surface area contributed by atoms with Gasteiger partial charge < -0.3 is 4.42 Å². The van der Waals surface area contributed by atoms with Crippen molar-refractivity contribution in [3.8, 4) is 11.3 Å². The molecular formula is C21H15N3O4. The van der Waals surface area contributed by atoms with Crippen molar-refractivity contribution in [2.24, 2.45) is 5.10 Å². The second kappa shape index (κ2) is 6.96. The Morgan fingerprint density at radius 3 is 2.43 bits per heavy atom. The van der Waals surface area contributed by atoms with Gasteiger partial charge in [0.1, 0.15) is 11.5 Å². The predicted octanol–water partition coefficient (Wildman–Crippen LogP) is 4.66. The molecule has 1 aromatic heterocycles. The van der Waals surface area contributed by atoms with E-state index in [2.05, 4.69) is 5.10 Å². The number of hydrazone groups is 1. The Morgan fingerprint density at radius 1 is 1.04 bits per heavy atom. The molecule has 1 aliphatic heterocycles. The number of nitrogens with zero attached hydrogens (tertiary/aromatic N) is 3. The standard InChI is InChI=1S/C21H15N3O4/c1-14-19(21(25)23(22-14)16-5-3-2-4-6-16)13-18-11-12-20(28-18)15-7-9-17(10-8-15)24(26)27/h2-13H,1H3/b19-13-. The molecule has 0 spiro atoms. The summed E-state index contributed by atoms with van der Waals surface area (Å²) in [6.07, 6.45) is 1.65. The number of rotatable bonds is 4. The molecule has 138 valence electrons. The Bertz CT molecular complexity index is 1110. The zero-order valence-electron chi connectivity index (χ0n) is 14.9. The van der Waals surface area contributed by atoms with E-state index < -0.39 is 4.92 Å². The highest BCUT2D eigenvalue weighted by Crippen LogP contribution is 2.28. The summed E-state index contributed by atoms with van der Waals surface area (Å²) in [5.74, 6) is 0.833. The lowest BCUT2D eigenvalue weighted by Gasteiger charge is -2.10. The van der Waals surface area contributed by atoms with Gasteiger partial charge in [0.05, 0.1) is 21.9 Å². The third-order valence-electron chi connectivity index (χ3n) is 4.34. The minimum absolute atomic E-state index is 0.0158. The molecule has 0 fully saturated rings. The molecule has 0 saturated heterocycles. The number of furan rings is 1. The number of nitro benzene ring substituents is 1. The van der Waals surface area contributed by atoms with Gasteiger partial charge >= 0.3 is 0 Å². The maximum absolute atomic E-state index is 12.7. The first kappa shape index (κ1) is 17.4. The number of hydrogen-bond donors (Lipinski definition) is 0. The zero-order chi connectivity index (χ0) is 19.7. The lowest BCUT2D eigenvalue weighted by atomic mass is 10.1. The molecule has 0 atom stereocenters. The summed E-state index contributed by atoms with van der Waals surface area (Å²) in [4.78, 5) is 23.1. The molecule has 2 heterocycles. The molecule has 4 rings (SSSR count). The molecule has 1 aliphatic rings. The third-order valence-corrected chi connectivity index (χ3v) is 4.34. The normalized spacial score (nSPS) is 15.2. The number of amides is 1. The van der Waals surface area contributed by atoms with E-state index in [9.17, 15) is 14.9 Å². The smallest absolute Gasteiger partial charge is 0.280 e. The first-order valence-corrected chi connectivity index (χ1v) is 8.54. The fraction of sp³-hybridized carbons (Fsp3) is 0.0476. The number of non-ortho nitro benzene ring substituents is 1. The van der Waals surface area contributed by atoms with Gasteiger partial charge in [-0.2, -0.15) is 10.1 Å². The summed E-state index contributed by atoms with van der Waals surface area (Å²) < 4.78 is 5.80. The topological polar surface area (TPSA) is 89.0 Å². The van der Waals surface area contributed by atoms with Gasteiger partial charge in [-0.25, -0.2) is 0 Å². The van der Waals surface area contributed by atoms with E-state index in [-0.39, 0.29) is 11.6 Å². The molecule has 2 aromatic carbocycles. The fourth-order valence-corrected chi connectivity index (χ4v) is 2.90. The fourth-order valence-electron chi connectivity index (χ4n) is 2.90. The Morgan fingerprint density at radius 2 is 1.75 bits per heavy atom. The molecule has 0 radical (unpaired) electrons. The van der Waals surface area contributed by atoms with Gasteiger partial charge in [0.25, 0.3) is 11.6 Å². The van der Waals surface area contributed by atoms with Gasteiger partial charge in [0, 0.05) is 17.7 Å². The van der Waals surface area contributed by atoms with Crippen LogP contribution in [0, 0.1) is 10.1 Å². The molecular weight excluding hydrogens is 358 g/mol. The molecule has 0 saturated carbocycles. The quantitative estimate of drug-likeness (QED) is 0.378. The monoisotopic (exact) mass is 373 g/mol. The second-order valence-corrected chi connectivity index (χ2v) is 6.20. The largest absolute Gasteiger partial charge is 0.457 e. The first-order valence-electron chi connectivity index (χ1n) is 8.54. The molecule has 0 bridgehead atoms. The van der Waals surface area contributed by atoms with Crippen LogP contribution in [0.3, 0.4) is 0 Å². The van der Waals surface area contributed by atoms with E-state index in [0.29, 0.717) is 34.1 Å². The highest BCUT2D eigenvalue weighted by Gasteiger charge is 2.28. The Balaban J connectivity index is 1.59. The number of para-hydroxylation sites is 1. The Hall–Kier alpha value is -4.00. The van der Waals surface area contributed by atoms with Crippen LogP contribution in [0.5, 0.6) is 0 Å². The molecule has 0 aliphatic carbocycles. The molecule has 1 amide bonds. The number of nitro groups is 1. The van der Waals surface area contributed by atoms with Crippen LogP contribution in [0.2, 0.25) is 0 Å². The van der Waals surface area contributed by atoms with Crippen LogP contribution < -0.4 is 5.01 Å². The first-order chi connectivity index (χ1) is 13.5. The zero-order valence-corrected chi connectivity index (χ0v) is 14.9. The number of anilines is 1. The summed E-state index contributed by atoms with van der Waals surface area (Å²) >= 11 is 0. The maximum atomic E-state index is 12.7. The van der Waals surface area contributed by atoms with Crippen molar-refractivity contribution < 1.29 is 14.1 Å². The van der Waals surface area contributed by atoms with Crippen molar-refractivity contribution in [2.75, 3.05) is 5.01 Å². The van der Waals surface area contributed by atoms with Crippen LogP contribution in [0.1, 0.15) is 12.7 Å². The molecule has 3 aromatic rings. The number of hydrogen-bond acceptors (Lipinski definition) is 5. The van der Waals surface area contributed by atoms with Crippen molar-refractivity contribution in [1.82, 2.24) is 0 Å². The predicted molar refractivity (Wildman–Crippen MR) is 106 cm³/mol. The van der Waals surface area contributed by atoms with E-state index >= 15 is 0 Å². The van der Waals surface area contributed by atoms with Gasteiger partial charge in [-0.3, -0.25) is 14.9 Å². The molecule has 0 unspecified atom stereocenters. The average molecular weight is 373 g/mol. The van der Waals surface area contributed by atoms with Crippen molar-refractivity contribution >= 4 is 29.1 Å². The van der Waals surface area contributed by atoms with E-state index in [1.165, 1.54) is 17.1 Å². The van der Waals surface area contributed by atoms with Crippen LogP contribution in [0.4, 0.5) is 11.4 Å². The van der Waals surface area contributed by atoms with E-state index in [1.54, 1.807) is 37.3 Å². The number of benzene rings is 2. The Labute approximate surface area is 160 Å². The lowest BCUT2D eigenvalue weighted by Crippen LogP contribution is -2.21. The summed E-state index contributed by atoms with van der Waals surface area (Å²) in [5.41, 5.74) is 2.48. The van der Waals surface area contributed by atoms with E-state index in [1.807, 2.05) is 30.3 Å². The second-order valence-electron chi connectivity index (χ2n) is 6.20. The number of carbonyl (C=O) groups is 1. The highest BCUT2D eigenvalue weighted by molar-refractivity contribution is 6.32. The van der Waals surface area contributed by atoms with Crippen molar-refractivity contribution in [3.63, 3.8) is 0 Å². The minimum Gasteiger partial charge on any atom is -0.457 e. The third kappa shape index (κ3) is 3.21. The molecule has 7 nitrogen and oxygen atoms in total. The van der Waals surface area contributed by atoms with Crippen LogP contribution in [-0.2, 0) is 4.79 Å². The summed E-state index contributed by atoms with van der Waals surface area (Å²) in [6, 6.07) is 18.8. The Kier molecular flexibility index (Phi) is 4.33. The molecule has 7 heteroatoms. The van der Waals surface area contributed by atoms with Crippen LogP contribution >= 0.6 is 0 Å². The van der Waals surface area contributed by atoms with Gasteiger partial charge in [0.2, 0.25) is 0 Å². The summed E-state index contributed by atoms with van der Waals surface area (Å²) in [7, 11) is 0. The van der Waals surface area contributed by atoms with Crippen molar-refractivity contribution in [2.45, 2.75) is 6.92 Å². The van der Waals surface area contributed by atoms with Gasteiger partial charge in [-0.05, 0) is 49.4 Å². The van der Waals surface area contributed by atoms with Gasteiger partial charge in [-0.1, -0.05) is 18.2 Å². The van der Waals surface area contributed by atoms with Crippen LogP contribution in [-0.4, -0.2) is 16.5 Å². The van der Waals surface area contributed by atoms with E-state index in [4.69, 9.17) is 4.42 Å². The van der Waals surface area contributed by atoms with Gasteiger partial charge in [-0.15, -0.1) is 0 Å². The number of carbonyl (C=O) groups excluding carboxylic acids is 1. The highest BCUT2D eigenvalue weighted by atomic mass is 16.6. The van der Waals surface area contributed by atoms with Crippen LogP contribution in [0.15, 0.2) is 81.8 Å². The van der Waals surface area contributed by atoms with Gasteiger partial charge in [0.15, 0.2) is 0 Å². The van der Waals surface area contributed by atoms with Crippen LogP contribution in [0.25, 0.3) is 17.4 Å². The molecule has 28 heavy (non-hydrogen) atoms.